The van der Waals surface area contributed by atoms with Crippen LogP contribution in [0.4, 0.5) is 5.82 Å². The molecule has 2 aliphatic rings. The van der Waals surface area contributed by atoms with Gasteiger partial charge in [-0.2, -0.15) is 0 Å². The zero-order valence-electron chi connectivity index (χ0n) is 14.8. The molecule has 1 aromatic carbocycles. The van der Waals surface area contributed by atoms with Crippen LogP contribution in [0.1, 0.15) is 53.2 Å². The molecule has 2 heterocycles. The maximum atomic E-state index is 12.2. The lowest BCUT2D eigenvalue weighted by Crippen LogP contribution is -2.25. The van der Waals surface area contributed by atoms with Gasteiger partial charge in [0.15, 0.2) is 0 Å². The zero-order valence-corrected chi connectivity index (χ0v) is 14.8. The molecule has 0 spiro atoms. The molecule has 3 aromatic rings. The Morgan fingerprint density at radius 2 is 2.04 bits per heavy atom. The third-order valence-corrected chi connectivity index (χ3v) is 4.96. The number of aromatic nitrogens is 3. The lowest BCUT2D eigenvalue weighted by Gasteiger charge is -2.03. The number of nitrogens with two attached hydrogens (primary N) is 1. The molecular weight excluding hydrogens is 338 g/mol. The van der Waals surface area contributed by atoms with Crippen LogP contribution in [-0.2, 0) is 0 Å². The van der Waals surface area contributed by atoms with E-state index in [1.807, 2.05) is 30.5 Å². The van der Waals surface area contributed by atoms with Crippen LogP contribution in [-0.4, -0.2) is 26.5 Å². The number of carbonyl (C=O) groups is 1. The van der Waals surface area contributed by atoms with Gasteiger partial charge in [-0.1, -0.05) is 17.9 Å². The van der Waals surface area contributed by atoms with Gasteiger partial charge in [0.05, 0.1) is 10.9 Å². The summed E-state index contributed by atoms with van der Waals surface area (Å²) in [6.45, 7) is 0. The molecule has 0 aliphatic heterocycles. The van der Waals surface area contributed by atoms with Gasteiger partial charge < -0.3 is 15.6 Å². The fraction of sp³-hybridized carbons (Fsp3) is 0.286. The fourth-order valence-electron chi connectivity index (χ4n) is 3.21. The Bertz CT molecular complexity index is 1110. The second-order valence-electron chi connectivity index (χ2n) is 7.22. The second-order valence-corrected chi connectivity index (χ2v) is 7.22. The van der Waals surface area contributed by atoms with Crippen LogP contribution in [0.25, 0.3) is 11.0 Å². The molecule has 0 unspecified atom stereocenters. The number of rotatable bonds is 3. The Morgan fingerprint density at radius 1 is 1.19 bits per heavy atom. The van der Waals surface area contributed by atoms with Crippen molar-refractivity contribution in [2.75, 3.05) is 5.73 Å². The third-order valence-electron chi connectivity index (χ3n) is 4.96. The Balaban J connectivity index is 1.50. The molecule has 0 bridgehead atoms. The predicted molar refractivity (Wildman–Crippen MR) is 103 cm³/mol. The summed E-state index contributed by atoms with van der Waals surface area (Å²) < 4.78 is 2.15. The molecule has 134 valence electrons. The number of nitrogens with zero attached hydrogens (tertiary/aromatic N) is 3. The molecule has 3 N–H and O–H groups in total. The van der Waals surface area contributed by atoms with Gasteiger partial charge in [0.1, 0.15) is 17.8 Å². The van der Waals surface area contributed by atoms with Gasteiger partial charge >= 0.3 is 0 Å². The van der Waals surface area contributed by atoms with Gasteiger partial charge in [-0.05, 0) is 43.9 Å². The summed E-state index contributed by atoms with van der Waals surface area (Å²) in [5.74, 6) is 6.78. The van der Waals surface area contributed by atoms with Gasteiger partial charge in [-0.15, -0.1) is 0 Å². The molecule has 6 nitrogen and oxygen atoms in total. The lowest BCUT2D eigenvalue weighted by atomic mass is 10.1. The maximum absolute atomic E-state index is 12.2. The highest BCUT2D eigenvalue weighted by atomic mass is 16.1. The van der Waals surface area contributed by atoms with Crippen LogP contribution in [0.5, 0.6) is 0 Å². The van der Waals surface area contributed by atoms with E-state index < -0.39 is 0 Å². The smallest absolute Gasteiger partial charge is 0.251 e. The van der Waals surface area contributed by atoms with Crippen LogP contribution < -0.4 is 11.1 Å². The highest BCUT2D eigenvalue weighted by Gasteiger charge is 2.27. The summed E-state index contributed by atoms with van der Waals surface area (Å²) >= 11 is 0. The average Bonchev–Trinajstić information content (AvgIpc) is 3.60. The van der Waals surface area contributed by atoms with E-state index in [9.17, 15) is 4.79 Å². The first-order valence-corrected chi connectivity index (χ1v) is 9.23. The molecule has 2 fully saturated rings. The highest BCUT2D eigenvalue weighted by molar-refractivity contribution is 5.95. The van der Waals surface area contributed by atoms with E-state index in [1.54, 1.807) is 0 Å². The van der Waals surface area contributed by atoms with Crippen LogP contribution in [0.3, 0.4) is 0 Å². The molecule has 1 amide bonds. The van der Waals surface area contributed by atoms with E-state index in [0.29, 0.717) is 23.5 Å². The Morgan fingerprint density at radius 3 is 2.81 bits per heavy atom. The molecule has 2 saturated carbocycles. The van der Waals surface area contributed by atoms with Crippen molar-refractivity contribution >= 4 is 22.8 Å². The number of amides is 1. The molecule has 0 saturated heterocycles. The predicted octanol–water partition coefficient (Wildman–Crippen LogP) is 2.64. The zero-order chi connectivity index (χ0) is 18.4. The van der Waals surface area contributed by atoms with Gasteiger partial charge in [0.25, 0.3) is 5.91 Å². The number of anilines is 1. The van der Waals surface area contributed by atoms with E-state index in [2.05, 4.69) is 31.7 Å². The molecule has 5 rings (SSSR count). The second kappa shape index (κ2) is 6.13. The van der Waals surface area contributed by atoms with Crippen LogP contribution in [0.15, 0.2) is 36.8 Å². The molecule has 2 aromatic heterocycles. The number of hydrogen-bond acceptors (Lipinski definition) is 4. The Labute approximate surface area is 156 Å². The van der Waals surface area contributed by atoms with Crippen molar-refractivity contribution in [3.8, 4) is 11.8 Å². The summed E-state index contributed by atoms with van der Waals surface area (Å²) in [5.41, 5.74) is 9.18. The molecule has 2 aliphatic carbocycles. The summed E-state index contributed by atoms with van der Waals surface area (Å²) in [4.78, 5) is 20.8. The van der Waals surface area contributed by atoms with Gasteiger partial charge in [-0.3, -0.25) is 4.79 Å². The normalized spacial score (nSPS) is 16.0. The van der Waals surface area contributed by atoms with Crippen LogP contribution >= 0.6 is 0 Å². The lowest BCUT2D eigenvalue weighted by molar-refractivity contribution is 0.0951. The number of fused-ring (bicyclic) bond motifs is 1. The third kappa shape index (κ3) is 3.13. The van der Waals surface area contributed by atoms with Crippen LogP contribution in [0, 0.1) is 11.8 Å². The molecule has 6 heteroatoms. The summed E-state index contributed by atoms with van der Waals surface area (Å²) in [7, 11) is 0. The van der Waals surface area contributed by atoms with E-state index >= 15 is 0 Å². The highest BCUT2D eigenvalue weighted by Crippen LogP contribution is 2.39. The number of nitrogen functional groups attached to an aromatic ring is 1. The van der Waals surface area contributed by atoms with Crippen molar-refractivity contribution in [2.24, 2.45) is 0 Å². The van der Waals surface area contributed by atoms with Crippen molar-refractivity contribution in [3.63, 3.8) is 0 Å². The van der Waals surface area contributed by atoms with E-state index in [4.69, 9.17) is 5.73 Å². The van der Waals surface area contributed by atoms with Crippen molar-refractivity contribution in [3.05, 3.63) is 53.5 Å². The molecular formula is C21H19N5O. The van der Waals surface area contributed by atoms with Crippen molar-refractivity contribution in [1.29, 1.82) is 0 Å². The minimum absolute atomic E-state index is 0.0378. The average molecular weight is 357 g/mol. The van der Waals surface area contributed by atoms with E-state index in [-0.39, 0.29) is 5.91 Å². The molecule has 0 radical (unpaired) electrons. The van der Waals surface area contributed by atoms with Crippen LogP contribution in [0.2, 0.25) is 0 Å². The van der Waals surface area contributed by atoms with Crippen molar-refractivity contribution in [2.45, 2.75) is 37.8 Å². The van der Waals surface area contributed by atoms with Gasteiger partial charge in [0, 0.05) is 29.4 Å². The standard InChI is InChI=1S/C21H19N5O/c22-19-18-15(11-26(17-8-9-17)20(18)24-12-23-19)5-4-13-2-1-3-14(10-13)21(27)25-16-6-7-16/h1-3,10-12,16-17H,6-9H2,(H,25,27)(H2,22,23,24). The SMILES string of the molecule is Nc1ncnc2c1c(C#Cc1cccc(C(=O)NC3CC3)c1)cn2C1CC1. The minimum Gasteiger partial charge on any atom is -0.383 e. The summed E-state index contributed by atoms with van der Waals surface area (Å²) in [5, 5.41) is 3.81. The minimum atomic E-state index is -0.0378. The summed E-state index contributed by atoms with van der Waals surface area (Å²) in [6.07, 6.45) is 7.96. The Hall–Kier alpha value is -3.33. The van der Waals surface area contributed by atoms with Gasteiger partial charge in [-0.25, -0.2) is 9.97 Å². The number of hydrogen-bond donors (Lipinski definition) is 2. The number of nitrogens with one attached hydrogen (secondary N) is 1. The van der Waals surface area contributed by atoms with E-state index in [0.717, 1.165) is 47.8 Å². The number of benzene rings is 1. The van der Waals surface area contributed by atoms with Crippen molar-refractivity contribution < 1.29 is 4.79 Å². The van der Waals surface area contributed by atoms with Gasteiger partial charge in [0.2, 0.25) is 0 Å². The monoisotopic (exact) mass is 357 g/mol. The fourth-order valence-corrected chi connectivity index (χ4v) is 3.21. The quantitative estimate of drug-likeness (QED) is 0.706. The first-order chi connectivity index (χ1) is 13.2. The number of carbonyl (C=O) groups excluding carboxylic acids is 1. The summed E-state index contributed by atoms with van der Waals surface area (Å²) in [6, 6.07) is 8.21. The first-order valence-electron chi connectivity index (χ1n) is 9.23. The topological polar surface area (TPSA) is 85.8 Å². The molecule has 0 atom stereocenters. The molecule has 27 heavy (non-hydrogen) atoms. The maximum Gasteiger partial charge on any atom is 0.251 e. The van der Waals surface area contributed by atoms with Crippen molar-refractivity contribution in [1.82, 2.24) is 19.9 Å². The largest absolute Gasteiger partial charge is 0.383 e. The Kier molecular flexibility index (Phi) is 3.61. The first kappa shape index (κ1) is 15.9. The van der Waals surface area contributed by atoms with E-state index in [1.165, 1.54) is 6.33 Å².